The summed E-state index contributed by atoms with van der Waals surface area (Å²) in [6, 6.07) is 0. The maximum atomic E-state index is 12.8. The number of esters is 2. The Bertz CT molecular complexity index is 1470. The van der Waals surface area contributed by atoms with E-state index in [2.05, 4.69) is 117 Å². The second kappa shape index (κ2) is 44.0. The summed E-state index contributed by atoms with van der Waals surface area (Å²) in [5, 5.41) is 40.2. The molecule has 4 N–H and O–H groups in total. The highest BCUT2D eigenvalue weighted by Crippen LogP contribution is 2.22. The number of rotatable bonds is 39. The molecule has 1 rings (SSSR count). The lowest BCUT2D eigenvalue weighted by Gasteiger charge is -2.39. The van der Waals surface area contributed by atoms with Crippen molar-refractivity contribution in [3.8, 4) is 0 Å². The minimum absolute atomic E-state index is 0.131. The SMILES string of the molecule is CC/C=C/C/C=C/C/C=C/C/C=C/C/C=C/C/C=C/CCC(=O)OC[C@H](CO[C@@H]1O[C@H](CO)[C@H](O)C(O)C1O)OC(=O)CCC/C=C/C/C=C/C/C=C/C/C=C/CCCCCCCCC. The molecule has 10 nitrogen and oxygen atoms in total. The molecule has 0 aromatic rings. The predicted molar refractivity (Wildman–Crippen MR) is 265 cm³/mol. The lowest BCUT2D eigenvalue weighted by molar-refractivity contribution is -0.305. The van der Waals surface area contributed by atoms with E-state index in [1.165, 1.54) is 51.4 Å². The normalized spacial score (nSPS) is 20.4. The lowest BCUT2D eigenvalue weighted by Crippen LogP contribution is -2.59. The van der Waals surface area contributed by atoms with Gasteiger partial charge in [-0.25, -0.2) is 0 Å². The van der Waals surface area contributed by atoms with Crippen LogP contribution in [0.5, 0.6) is 0 Å². The zero-order chi connectivity index (χ0) is 47.3. The van der Waals surface area contributed by atoms with Gasteiger partial charge in [-0.15, -0.1) is 0 Å². The van der Waals surface area contributed by atoms with Crippen LogP contribution in [0.2, 0.25) is 0 Å². The van der Waals surface area contributed by atoms with Crippen molar-refractivity contribution in [3.63, 3.8) is 0 Å². The van der Waals surface area contributed by atoms with E-state index in [4.69, 9.17) is 18.9 Å². The maximum Gasteiger partial charge on any atom is 0.306 e. The molecule has 0 saturated carbocycles. The van der Waals surface area contributed by atoms with E-state index in [1.807, 2.05) is 18.2 Å². The Morgan fingerprint density at radius 2 is 0.938 bits per heavy atom. The van der Waals surface area contributed by atoms with Crippen LogP contribution in [0, 0.1) is 0 Å². The molecule has 6 atom stereocenters. The van der Waals surface area contributed by atoms with Gasteiger partial charge in [-0.2, -0.15) is 0 Å². The summed E-state index contributed by atoms with van der Waals surface area (Å²) >= 11 is 0. The average Bonchev–Trinajstić information content (AvgIpc) is 3.30. The quantitative estimate of drug-likeness (QED) is 0.0266. The first-order valence-electron chi connectivity index (χ1n) is 24.6. The summed E-state index contributed by atoms with van der Waals surface area (Å²) in [6.07, 6.45) is 55.1. The van der Waals surface area contributed by atoms with Gasteiger partial charge in [0.2, 0.25) is 0 Å². The molecular formula is C55H86O10. The van der Waals surface area contributed by atoms with Crippen LogP contribution in [-0.2, 0) is 28.5 Å². The Labute approximate surface area is 392 Å². The van der Waals surface area contributed by atoms with Crippen LogP contribution in [0.3, 0.4) is 0 Å². The van der Waals surface area contributed by atoms with E-state index < -0.39 is 55.4 Å². The van der Waals surface area contributed by atoms with Crippen molar-refractivity contribution in [1.82, 2.24) is 0 Å². The first-order valence-corrected chi connectivity index (χ1v) is 24.6. The second-order valence-electron chi connectivity index (χ2n) is 16.2. The van der Waals surface area contributed by atoms with E-state index in [0.717, 1.165) is 57.8 Å². The highest BCUT2D eigenvalue weighted by molar-refractivity contribution is 5.70. The molecule has 0 radical (unpaired) electrons. The van der Waals surface area contributed by atoms with Gasteiger partial charge in [-0.05, 0) is 89.9 Å². The van der Waals surface area contributed by atoms with Gasteiger partial charge in [0, 0.05) is 12.8 Å². The van der Waals surface area contributed by atoms with Gasteiger partial charge in [-0.1, -0.05) is 174 Å². The monoisotopic (exact) mass is 907 g/mol. The topological polar surface area (TPSA) is 152 Å². The first kappa shape index (κ1) is 59.1. The Morgan fingerprint density at radius 1 is 0.492 bits per heavy atom. The largest absolute Gasteiger partial charge is 0.462 e. The lowest BCUT2D eigenvalue weighted by atomic mass is 9.99. The Kier molecular flexibility index (Phi) is 40.0. The van der Waals surface area contributed by atoms with Gasteiger partial charge >= 0.3 is 11.9 Å². The number of carbonyl (C=O) groups is 2. The molecular weight excluding hydrogens is 821 g/mol. The third-order valence-electron chi connectivity index (χ3n) is 10.3. The van der Waals surface area contributed by atoms with Crippen molar-refractivity contribution in [2.45, 2.75) is 192 Å². The van der Waals surface area contributed by atoms with Gasteiger partial charge in [0.25, 0.3) is 0 Å². The highest BCUT2D eigenvalue weighted by atomic mass is 16.7. The van der Waals surface area contributed by atoms with Gasteiger partial charge in [0.15, 0.2) is 12.4 Å². The van der Waals surface area contributed by atoms with E-state index >= 15 is 0 Å². The molecule has 1 aliphatic heterocycles. The summed E-state index contributed by atoms with van der Waals surface area (Å²) in [5.41, 5.74) is 0. The van der Waals surface area contributed by atoms with Gasteiger partial charge in [0.1, 0.15) is 31.0 Å². The fourth-order valence-electron chi connectivity index (χ4n) is 6.50. The van der Waals surface area contributed by atoms with Crippen LogP contribution in [0.1, 0.15) is 155 Å². The van der Waals surface area contributed by atoms with Crippen molar-refractivity contribution in [1.29, 1.82) is 0 Å². The summed E-state index contributed by atoms with van der Waals surface area (Å²) in [7, 11) is 0. The average molecular weight is 907 g/mol. The van der Waals surface area contributed by atoms with Crippen LogP contribution in [0.25, 0.3) is 0 Å². The van der Waals surface area contributed by atoms with Crippen molar-refractivity contribution < 1.29 is 49.0 Å². The van der Waals surface area contributed by atoms with Gasteiger partial charge in [-0.3, -0.25) is 9.59 Å². The molecule has 0 aromatic heterocycles. The fourth-order valence-corrected chi connectivity index (χ4v) is 6.50. The van der Waals surface area contributed by atoms with Crippen LogP contribution in [0.4, 0.5) is 0 Å². The van der Waals surface area contributed by atoms with Crippen LogP contribution in [0.15, 0.2) is 122 Å². The maximum absolute atomic E-state index is 12.8. The summed E-state index contributed by atoms with van der Waals surface area (Å²) in [4.78, 5) is 25.4. The molecule has 1 aliphatic rings. The smallest absolute Gasteiger partial charge is 0.306 e. The molecule has 0 spiro atoms. The Morgan fingerprint density at radius 3 is 1.43 bits per heavy atom. The minimum atomic E-state index is -1.62. The third kappa shape index (κ3) is 35.0. The van der Waals surface area contributed by atoms with Crippen LogP contribution in [-0.4, -0.2) is 89.0 Å². The minimum Gasteiger partial charge on any atom is -0.462 e. The molecule has 10 heteroatoms. The van der Waals surface area contributed by atoms with Crippen molar-refractivity contribution >= 4 is 11.9 Å². The van der Waals surface area contributed by atoms with Gasteiger partial charge < -0.3 is 39.4 Å². The predicted octanol–water partition coefficient (Wildman–Crippen LogP) is 11.4. The van der Waals surface area contributed by atoms with E-state index in [-0.39, 0.29) is 26.1 Å². The number of aliphatic hydroxyl groups is 4. The van der Waals surface area contributed by atoms with Crippen LogP contribution < -0.4 is 0 Å². The number of hydrogen-bond acceptors (Lipinski definition) is 10. The number of unbranched alkanes of at least 4 members (excludes halogenated alkanes) is 8. The van der Waals surface area contributed by atoms with E-state index in [9.17, 15) is 30.0 Å². The second-order valence-corrected chi connectivity index (χ2v) is 16.2. The molecule has 366 valence electrons. The molecule has 1 heterocycles. The number of aliphatic hydroxyl groups excluding tert-OH is 4. The summed E-state index contributed by atoms with van der Waals surface area (Å²) in [5.74, 6) is -0.982. The zero-order valence-corrected chi connectivity index (χ0v) is 39.9. The molecule has 1 fully saturated rings. The molecule has 0 amide bonds. The number of hydrogen-bond donors (Lipinski definition) is 4. The number of carbonyl (C=O) groups excluding carboxylic acids is 2. The van der Waals surface area contributed by atoms with Crippen molar-refractivity contribution in [3.05, 3.63) is 122 Å². The molecule has 2 unspecified atom stereocenters. The van der Waals surface area contributed by atoms with Crippen molar-refractivity contribution in [2.75, 3.05) is 19.8 Å². The molecule has 65 heavy (non-hydrogen) atoms. The molecule has 1 saturated heterocycles. The van der Waals surface area contributed by atoms with Crippen molar-refractivity contribution in [2.24, 2.45) is 0 Å². The summed E-state index contributed by atoms with van der Waals surface area (Å²) < 4.78 is 22.1. The number of allylic oxidation sites excluding steroid dienone is 20. The molecule has 0 bridgehead atoms. The van der Waals surface area contributed by atoms with Gasteiger partial charge in [0.05, 0.1) is 13.2 Å². The standard InChI is InChI=1S/C55H86O10/c1-3-5-7-9-11-13-15-17-19-21-23-24-26-28-30-32-34-36-38-40-42-44-51(58)64-48(47-63-55-54(61)53(60)52(59)49(45-56)65-55)46-62-50(57)43-41-39-37-35-33-31-29-27-25-22-20-18-16-14-12-10-8-6-4-2/h6,8,12,14,18-21,24-27,30-33,36-39,48-49,52-56,59-61H,3-5,7,9-11,13,15-17,22-23,28-29,34-35,40-47H2,1-2H3/b8-6+,14-12+,20-18+,21-19+,26-24+,27-25+,32-30+,33-31+,38-36+,39-37+/t48-,49-,52+,53?,54?,55-/m1/s1. The van der Waals surface area contributed by atoms with E-state index in [0.29, 0.717) is 19.3 Å². The first-order chi connectivity index (χ1) is 31.8. The Hall–Kier alpha value is -3.90. The number of ether oxygens (including phenoxy) is 4. The van der Waals surface area contributed by atoms with Crippen LogP contribution >= 0.6 is 0 Å². The third-order valence-corrected chi connectivity index (χ3v) is 10.3. The highest BCUT2D eigenvalue weighted by Gasteiger charge is 2.44. The van der Waals surface area contributed by atoms with E-state index in [1.54, 1.807) is 0 Å². The Balaban J connectivity index is 2.40. The molecule has 0 aromatic carbocycles. The zero-order valence-electron chi connectivity index (χ0n) is 39.9. The molecule has 0 aliphatic carbocycles. The fraction of sp³-hybridized carbons (Fsp3) is 0.600. The summed E-state index contributed by atoms with van der Waals surface area (Å²) in [6.45, 7) is 3.16.